The fourth-order valence-electron chi connectivity index (χ4n) is 2.02. The van der Waals surface area contributed by atoms with Gasteiger partial charge in [0, 0.05) is 17.5 Å². The van der Waals surface area contributed by atoms with Crippen molar-refractivity contribution in [3.05, 3.63) is 47.1 Å². The largest absolute Gasteiger partial charge is 0.311 e. The molecule has 0 bridgehead atoms. The lowest BCUT2D eigenvalue weighted by atomic mass is 9.92. The molecule has 1 aromatic carbocycles. The maximum atomic E-state index is 12.0. The third-order valence-electron chi connectivity index (χ3n) is 2.95. The number of benzene rings is 1. The highest BCUT2D eigenvalue weighted by Gasteiger charge is 2.17. The van der Waals surface area contributed by atoms with Crippen molar-refractivity contribution in [2.45, 2.75) is 33.7 Å². The van der Waals surface area contributed by atoms with E-state index in [1.54, 1.807) is 16.9 Å². The summed E-state index contributed by atoms with van der Waals surface area (Å²) in [5, 5.41) is 7.85. The Morgan fingerprint density at radius 2 is 2.00 bits per heavy atom. The zero-order valence-electron chi connectivity index (χ0n) is 12.6. The Balaban J connectivity index is 2.09. The van der Waals surface area contributed by atoms with Gasteiger partial charge < -0.3 is 5.32 Å². The van der Waals surface area contributed by atoms with Crippen LogP contribution in [0.25, 0.3) is 0 Å². The van der Waals surface area contributed by atoms with Gasteiger partial charge in [-0.2, -0.15) is 5.10 Å². The lowest BCUT2D eigenvalue weighted by molar-refractivity contribution is -0.117. The van der Waals surface area contributed by atoms with E-state index >= 15 is 0 Å². The number of nitrogens with zero attached hydrogens (tertiary/aromatic N) is 2. The summed E-state index contributed by atoms with van der Waals surface area (Å²) in [7, 11) is 0. The molecule has 0 fully saturated rings. The van der Waals surface area contributed by atoms with Crippen LogP contribution in [0.1, 0.15) is 32.8 Å². The van der Waals surface area contributed by atoms with E-state index in [0.29, 0.717) is 23.8 Å². The summed E-state index contributed by atoms with van der Waals surface area (Å²) in [5.74, 6) is 0.674. The SMILES string of the molecule is CC(C)(C)CC(=O)Nc1ccnn1Cc1ccccc1Cl. The molecule has 4 nitrogen and oxygen atoms in total. The van der Waals surface area contributed by atoms with Crippen LogP contribution >= 0.6 is 11.6 Å². The Kier molecular flexibility index (Phi) is 4.68. The van der Waals surface area contributed by atoms with E-state index in [1.807, 2.05) is 45.0 Å². The summed E-state index contributed by atoms with van der Waals surface area (Å²) in [6.45, 7) is 6.63. The molecule has 1 N–H and O–H groups in total. The maximum Gasteiger partial charge on any atom is 0.226 e. The molecule has 0 spiro atoms. The van der Waals surface area contributed by atoms with Crippen molar-refractivity contribution in [1.29, 1.82) is 0 Å². The van der Waals surface area contributed by atoms with Crippen LogP contribution in [0.4, 0.5) is 5.82 Å². The number of hydrogen-bond acceptors (Lipinski definition) is 2. The van der Waals surface area contributed by atoms with Crippen molar-refractivity contribution in [2.75, 3.05) is 5.32 Å². The van der Waals surface area contributed by atoms with Crippen LogP contribution in [0.3, 0.4) is 0 Å². The number of aromatic nitrogens is 2. The van der Waals surface area contributed by atoms with Crippen molar-refractivity contribution in [3.8, 4) is 0 Å². The molecule has 5 heteroatoms. The minimum Gasteiger partial charge on any atom is -0.311 e. The molecule has 1 heterocycles. The van der Waals surface area contributed by atoms with Gasteiger partial charge in [0.1, 0.15) is 5.82 Å². The summed E-state index contributed by atoms with van der Waals surface area (Å²) in [6.07, 6.45) is 2.13. The first kappa shape index (κ1) is 15.6. The van der Waals surface area contributed by atoms with E-state index in [2.05, 4.69) is 10.4 Å². The van der Waals surface area contributed by atoms with Crippen LogP contribution in [0.15, 0.2) is 36.5 Å². The zero-order valence-corrected chi connectivity index (χ0v) is 13.3. The molecule has 0 atom stereocenters. The predicted octanol–water partition coefficient (Wildman–Crippen LogP) is 3.96. The molecule has 0 radical (unpaired) electrons. The Labute approximate surface area is 130 Å². The fraction of sp³-hybridized carbons (Fsp3) is 0.375. The van der Waals surface area contributed by atoms with Gasteiger partial charge in [0.2, 0.25) is 5.91 Å². The molecule has 0 saturated carbocycles. The maximum absolute atomic E-state index is 12.0. The first-order chi connectivity index (χ1) is 9.85. The number of halogens is 1. The van der Waals surface area contributed by atoms with Crippen LogP contribution in [0.5, 0.6) is 0 Å². The van der Waals surface area contributed by atoms with Crippen LogP contribution in [0.2, 0.25) is 5.02 Å². The molecule has 0 saturated heterocycles. The number of anilines is 1. The standard InChI is InChI=1S/C16H20ClN3O/c1-16(2,3)10-15(21)19-14-8-9-18-20(14)11-12-6-4-5-7-13(12)17/h4-9H,10-11H2,1-3H3,(H,19,21). The molecular formula is C16H20ClN3O. The topological polar surface area (TPSA) is 46.9 Å². The molecule has 0 aliphatic heterocycles. The highest BCUT2D eigenvalue weighted by molar-refractivity contribution is 6.31. The molecule has 2 aromatic rings. The van der Waals surface area contributed by atoms with E-state index < -0.39 is 0 Å². The summed E-state index contributed by atoms with van der Waals surface area (Å²) in [5.41, 5.74) is 0.923. The second-order valence-corrected chi connectivity index (χ2v) is 6.66. The monoisotopic (exact) mass is 305 g/mol. The van der Waals surface area contributed by atoms with E-state index in [-0.39, 0.29) is 11.3 Å². The molecule has 1 amide bonds. The van der Waals surface area contributed by atoms with Gasteiger partial charge in [-0.25, -0.2) is 4.68 Å². The third-order valence-corrected chi connectivity index (χ3v) is 3.32. The first-order valence-corrected chi connectivity index (χ1v) is 7.28. The minimum atomic E-state index is -0.0440. The van der Waals surface area contributed by atoms with Gasteiger partial charge >= 0.3 is 0 Å². The fourth-order valence-corrected chi connectivity index (χ4v) is 2.22. The summed E-state index contributed by atoms with van der Waals surface area (Å²) in [4.78, 5) is 12.0. The normalized spacial score (nSPS) is 11.4. The van der Waals surface area contributed by atoms with Gasteiger partial charge in [-0.15, -0.1) is 0 Å². The summed E-state index contributed by atoms with van der Waals surface area (Å²) >= 11 is 6.16. The van der Waals surface area contributed by atoms with E-state index in [0.717, 1.165) is 5.56 Å². The van der Waals surface area contributed by atoms with Gasteiger partial charge in [-0.05, 0) is 17.0 Å². The number of carbonyl (C=O) groups is 1. The average molecular weight is 306 g/mol. The lowest BCUT2D eigenvalue weighted by Crippen LogP contribution is -2.21. The van der Waals surface area contributed by atoms with Crippen molar-refractivity contribution in [3.63, 3.8) is 0 Å². The summed E-state index contributed by atoms with van der Waals surface area (Å²) in [6, 6.07) is 9.41. The van der Waals surface area contributed by atoms with E-state index in [9.17, 15) is 4.79 Å². The second-order valence-electron chi connectivity index (χ2n) is 6.25. The van der Waals surface area contributed by atoms with E-state index in [4.69, 9.17) is 11.6 Å². The third kappa shape index (κ3) is 4.60. The molecule has 112 valence electrons. The molecular weight excluding hydrogens is 286 g/mol. The van der Waals surface area contributed by atoms with Crippen LogP contribution in [0, 0.1) is 5.41 Å². The Hall–Kier alpha value is -1.81. The van der Waals surface area contributed by atoms with Crippen molar-refractivity contribution in [2.24, 2.45) is 5.41 Å². The van der Waals surface area contributed by atoms with Gasteiger partial charge in [-0.1, -0.05) is 50.6 Å². The second kappa shape index (κ2) is 6.31. The summed E-state index contributed by atoms with van der Waals surface area (Å²) < 4.78 is 1.74. The molecule has 1 aromatic heterocycles. The van der Waals surface area contributed by atoms with Gasteiger partial charge in [-0.3, -0.25) is 4.79 Å². The van der Waals surface area contributed by atoms with Crippen LogP contribution < -0.4 is 5.32 Å². The minimum absolute atomic E-state index is 0.0107. The molecule has 0 aliphatic rings. The predicted molar refractivity (Wildman–Crippen MR) is 85.5 cm³/mol. The lowest BCUT2D eigenvalue weighted by Gasteiger charge is -2.17. The highest BCUT2D eigenvalue weighted by Crippen LogP contribution is 2.21. The quantitative estimate of drug-likeness (QED) is 0.929. The van der Waals surface area contributed by atoms with Crippen LogP contribution in [-0.2, 0) is 11.3 Å². The Morgan fingerprint density at radius 1 is 1.29 bits per heavy atom. The number of amides is 1. The molecule has 0 aliphatic carbocycles. The van der Waals surface area contributed by atoms with Gasteiger partial charge in [0.25, 0.3) is 0 Å². The van der Waals surface area contributed by atoms with E-state index in [1.165, 1.54) is 0 Å². The molecule has 21 heavy (non-hydrogen) atoms. The average Bonchev–Trinajstić information content (AvgIpc) is 2.77. The van der Waals surface area contributed by atoms with Crippen LogP contribution in [-0.4, -0.2) is 15.7 Å². The Morgan fingerprint density at radius 3 is 2.67 bits per heavy atom. The first-order valence-electron chi connectivity index (χ1n) is 6.90. The smallest absolute Gasteiger partial charge is 0.226 e. The number of rotatable bonds is 4. The Bertz CT molecular complexity index is 628. The molecule has 0 unspecified atom stereocenters. The van der Waals surface area contributed by atoms with Crippen molar-refractivity contribution < 1.29 is 4.79 Å². The van der Waals surface area contributed by atoms with Gasteiger partial charge in [0.15, 0.2) is 0 Å². The van der Waals surface area contributed by atoms with Crippen molar-refractivity contribution >= 4 is 23.3 Å². The number of hydrogen-bond donors (Lipinski definition) is 1. The number of nitrogens with one attached hydrogen (secondary N) is 1. The zero-order chi connectivity index (χ0) is 15.5. The number of carbonyl (C=O) groups excluding carboxylic acids is 1. The van der Waals surface area contributed by atoms with Gasteiger partial charge in [0.05, 0.1) is 12.7 Å². The highest BCUT2D eigenvalue weighted by atomic mass is 35.5. The van der Waals surface area contributed by atoms with Crippen molar-refractivity contribution in [1.82, 2.24) is 9.78 Å². The molecule has 2 rings (SSSR count).